The number of hydrogen-bond acceptors (Lipinski definition) is 7. The number of ether oxygens (including phenoxy) is 1. The minimum atomic E-state index is -4.04. The maximum Gasteiger partial charge on any atom is 0.295 e. The average Bonchev–Trinajstić information content (AvgIpc) is 2.75. The summed E-state index contributed by atoms with van der Waals surface area (Å²) in [5.41, 5.74) is 3.29. The van der Waals surface area contributed by atoms with Gasteiger partial charge in [0.05, 0.1) is 23.1 Å². The summed E-state index contributed by atoms with van der Waals surface area (Å²) in [7, 11) is -2.54. The van der Waals surface area contributed by atoms with Crippen LogP contribution >= 0.6 is 15.9 Å². The molecule has 0 fully saturated rings. The first-order valence-corrected chi connectivity index (χ1v) is 11.1. The second-order valence-corrected chi connectivity index (χ2v) is 8.79. The van der Waals surface area contributed by atoms with E-state index in [2.05, 4.69) is 31.2 Å². The highest BCUT2D eigenvalue weighted by atomic mass is 79.9. The Labute approximate surface area is 187 Å². The second kappa shape index (κ2) is 9.58. The smallest absolute Gasteiger partial charge is 0.295 e. The molecular formula is C20H17BrN4O5S. The van der Waals surface area contributed by atoms with Crippen LogP contribution in [0.1, 0.15) is 5.56 Å². The zero-order chi connectivity index (χ0) is 22.4. The van der Waals surface area contributed by atoms with E-state index >= 15 is 0 Å². The number of sulfonamides is 1. The molecule has 0 aromatic heterocycles. The Morgan fingerprint density at radius 2 is 1.74 bits per heavy atom. The van der Waals surface area contributed by atoms with E-state index in [-0.39, 0.29) is 10.6 Å². The number of hydrazone groups is 1. The van der Waals surface area contributed by atoms with E-state index in [0.717, 1.165) is 16.1 Å². The molecule has 2 N–H and O–H groups in total. The highest BCUT2D eigenvalue weighted by Crippen LogP contribution is 2.29. The number of benzene rings is 3. The summed E-state index contributed by atoms with van der Waals surface area (Å²) < 4.78 is 33.6. The van der Waals surface area contributed by atoms with Gasteiger partial charge in [0.25, 0.3) is 15.7 Å². The highest BCUT2D eigenvalue weighted by Gasteiger charge is 2.21. The molecule has 0 saturated heterocycles. The summed E-state index contributed by atoms with van der Waals surface area (Å²) in [6.07, 6.45) is 1.49. The number of nitro groups is 1. The van der Waals surface area contributed by atoms with Crippen LogP contribution in [0.4, 0.5) is 17.1 Å². The molecule has 3 aromatic rings. The Kier molecular flexibility index (Phi) is 6.88. The van der Waals surface area contributed by atoms with E-state index in [1.807, 2.05) is 24.3 Å². The first-order chi connectivity index (χ1) is 14.8. The van der Waals surface area contributed by atoms with E-state index < -0.39 is 20.6 Å². The van der Waals surface area contributed by atoms with Crippen molar-refractivity contribution in [2.24, 2.45) is 5.10 Å². The van der Waals surface area contributed by atoms with Crippen molar-refractivity contribution in [3.05, 3.63) is 86.9 Å². The van der Waals surface area contributed by atoms with Crippen LogP contribution < -0.4 is 14.9 Å². The lowest BCUT2D eigenvalue weighted by molar-refractivity contribution is -0.384. The van der Waals surface area contributed by atoms with Gasteiger partial charge in [-0.05, 0) is 54.1 Å². The third-order valence-electron chi connectivity index (χ3n) is 4.09. The van der Waals surface area contributed by atoms with Gasteiger partial charge in [-0.3, -0.25) is 20.3 Å². The van der Waals surface area contributed by atoms with Crippen LogP contribution in [0.2, 0.25) is 0 Å². The molecule has 0 saturated carbocycles. The van der Waals surface area contributed by atoms with Gasteiger partial charge in [0.15, 0.2) is 0 Å². The Bertz CT molecular complexity index is 1210. The van der Waals surface area contributed by atoms with Crippen LogP contribution in [0.5, 0.6) is 5.75 Å². The molecule has 31 heavy (non-hydrogen) atoms. The first kappa shape index (κ1) is 22.2. The van der Waals surface area contributed by atoms with Crippen LogP contribution in [-0.2, 0) is 10.0 Å². The summed E-state index contributed by atoms with van der Waals surface area (Å²) >= 11 is 3.33. The minimum Gasteiger partial charge on any atom is -0.497 e. The first-order valence-electron chi connectivity index (χ1n) is 8.78. The lowest BCUT2D eigenvalue weighted by atomic mass is 10.2. The zero-order valence-corrected chi connectivity index (χ0v) is 18.6. The molecule has 0 amide bonds. The van der Waals surface area contributed by atoms with Crippen LogP contribution in [0, 0.1) is 10.1 Å². The van der Waals surface area contributed by atoms with Crippen LogP contribution in [0.25, 0.3) is 0 Å². The molecule has 3 aromatic carbocycles. The Morgan fingerprint density at radius 1 is 1.06 bits per heavy atom. The standard InChI is InChI=1S/C20H17BrN4O5S/c1-30-17-8-6-16(7-9-17)24-31(28,29)18-10-11-19(20(12-18)25(26)27)23-22-13-14-2-4-15(21)5-3-14/h2-13,23-24H,1H3/b22-13-. The van der Waals surface area contributed by atoms with E-state index in [9.17, 15) is 18.5 Å². The van der Waals surface area contributed by atoms with Crippen molar-refractivity contribution < 1.29 is 18.1 Å². The molecule has 0 aliphatic carbocycles. The lowest BCUT2D eigenvalue weighted by Gasteiger charge is -2.10. The minimum absolute atomic E-state index is 0.0572. The number of rotatable bonds is 8. The van der Waals surface area contributed by atoms with Crippen molar-refractivity contribution in [1.29, 1.82) is 0 Å². The van der Waals surface area contributed by atoms with Gasteiger partial charge in [-0.1, -0.05) is 28.1 Å². The molecule has 11 heteroatoms. The quantitative estimate of drug-likeness (QED) is 0.262. The Balaban J connectivity index is 1.81. The van der Waals surface area contributed by atoms with Crippen molar-refractivity contribution >= 4 is 49.2 Å². The average molecular weight is 505 g/mol. The van der Waals surface area contributed by atoms with Gasteiger partial charge in [0, 0.05) is 16.2 Å². The summed E-state index contributed by atoms with van der Waals surface area (Å²) in [6, 6.07) is 17.1. The molecule has 0 atom stereocenters. The van der Waals surface area contributed by atoms with Crippen LogP contribution in [0.15, 0.2) is 81.2 Å². The largest absolute Gasteiger partial charge is 0.497 e. The highest BCUT2D eigenvalue weighted by molar-refractivity contribution is 9.10. The molecule has 3 rings (SSSR count). The molecule has 0 aliphatic heterocycles. The molecule has 9 nitrogen and oxygen atoms in total. The summed E-state index contributed by atoms with van der Waals surface area (Å²) in [6.45, 7) is 0. The number of methoxy groups -OCH3 is 1. The summed E-state index contributed by atoms with van der Waals surface area (Å²) in [4.78, 5) is 10.6. The number of halogens is 1. The monoisotopic (exact) mass is 504 g/mol. The van der Waals surface area contributed by atoms with Gasteiger partial charge in [0.2, 0.25) is 0 Å². The van der Waals surface area contributed by atoms with Gasteiger partial charge in [-0.25, -0.2) is 8.42 Å². The van der Waals surface area contributed by atoms with Crippen LogP contribution in [0.3, 0.4) is 0 Å². The van der Waals surface area contributed by atoms with E-state index in [1.54, 1.807) is 12.1 Å². The van der Waals surface area contributed by atoms with Gasteiger partial charge >= 0.3 is 0 Å². The molecule has 0 unspecified atom stereocenters. The maximum atomic E-state index is 12.6. The lowest BCUT2D eigenvalue weighted by Crippen LogP contribution is -2.13. The SMILES string of the molecule is COc1ccc(NS(=O)(=O)c2ccc(N/N=C\c3ccc(Br)cc3)c([N+](=O)[O-])c2)cc1. The summed E-state index contributed by atoms with van der Waals surface area (Å²) in [5.74, 6) is 0.567. The van der Waals surface area contributed by atoms with Crippen molar-refractivity contribution in [3.63, 3.8) is 0 Å². The summed E-state index contributed by atoms with van der Waals surface area (Å²) in [5, 5.41) is 15.5. The van der Waals surface area contributed by atoms with E-state index in [0.29, 0.717) is 11.4 Å². The van der Waals surface area contributed by atoms with Gasteiger partial charge in [-0.2, -0.15) is 5.10 Å². The molecule has 160 valence electrons. The molecule has 0 bridgehead atoms. The molecule has 0 heterocycles. The van der Waals surface area contributed by atoms with E-state index in [4.69, 9.17) is 4.74 Å². The molecule has 0 radical (unpaired) electrons. The maximum absolute atomic E-state index is 12.6. The number of anilines is 2. The van der Waals surface area contributed by atoms with Crippen molar-refractivity contribution in [2.75, 3.05) is 17.3 Å². The predicted octanol–water partition coefficient (Wildman–Crippen LogP) is 4.61. The Hall–Kier alpha value is -3.44. The normalized spacial score (nSPS) is 11.3. The number of nitro benzene ring substituents is 1. The van der Waals surface area contributed by atoms with Crippen molar-refractivity contribution in [2.45, 2.75) is 4.90 Å². The van der Waals surface area contributed by atoms with Crippen LogP contribution in [-0.4, -0.2) is 26.7 Å². The fourth-order valence-corrected chi connectivity index (χ4v) is 3.87. The van der Waals surface area contributed by atoms with E-state index in [1.165, 1.54) is 37.6 Å². The zero-order valence-electron chi connectivity index (χ0n) is 16.2. The fourth-order valence-electron chi connectivity index (χ4n) is 2.52. The van der Waals surface area contributed by atoms with Crippen molar-refractivity contribution in [1.82, 2.24) is 0 Å². The van der Waals surface area contributed by atoms with Gasteiger partial charge in [0.1, 0.15) is 11.4 Å². The van der Waals surface area contributed by atoms with Gasteiger partial charge < -0.3 is 4.74 Å². The van der Waals surface area contributed by atoms with Crippen molar-refractivity contribution in [3.8, 4) is 5.75 Å². The predicted molar refractivity (Wildman–Crippen MR) is 122 cm³/mol. The van der Waals surface area contributed by atoms with Gasteiger partial charge in [-0.15, -0.1) is 0 Å². The number of nitrogens with one attached hydrogen (secondary N) is 2. The third kappa shape index (κ3) is 5.80. The Morgan fingerprint density at radius 3 is 2.35 bits per heavy atom. The molecule has 0 spiro atoms. The topological polar surface area (TPSA) is 123 Å². The third-order valence-corrected chi connectivity index (χ3v) is 5.99. The molecule has 0 aliphatic rings. The number of hydrogen-bond donors (Lipinski definition) is 2. The molecular weight excluding hydrogens is 488 g/mol. The second-order valence-electron chi connectivity index (χ2n) is 6.19. The fraction of sp³-hybridized carbons (Fsp3) is 0.0500. The number of nitrogens with zero attached hydrogens (tertiary/aromatic N) is 2.